The van der Waals surface area contributed by atoms with Crippen LogP contribution in [0.5, 0.6) is 0 Å². The van der Waals surface area contributed by atoms with Gasteiger partial charge >= 0.3 is 0 Å². The summed E-state index contributed by atoms with van der Waals surface area (Å²) in [6.07, 6.45) is 14.6. The van der Waals surface area contributed by atoms with Gasteiger partial charge in [0.05, 0.1) is 0 Å². The molecule has 18 heavy (non-hydrogen) atoms. The average molecular weight is 243 g/mol. The summed E-state index contributed by atoms with van der Waals surface area (Å²) in [5, 5.41) is 0. The van der Waals surface area contributed by atoms with Crippen molar-refractivity contribution < 1.29 is 0 Å². The molecule has 2 aliphatic carbocycles. The highest BCUT2D eigenvalue weighted by Crippen LogP contribution is 2.37. The van der Waals surface area contributed by atoms with Crippen LogP contribution in [-0.2, 0) is 0 Å². The van der Waals surface area contributed by atoms with Crippen molar-refractivity contribution in [3.8, 4) is 0 Å². The number of rotatable bonds is 1. The lowest BCUT2D eigenvalue weighted by Crippen LogP contribution is -2.40. The first kappa shape index (κ1) is 13.4. The van der Waals surface area contributed by atoms with Crippen molar-refractivity contribution in [2.45, 2.75) is 40.2 Å². The predicted octanol–water partition coefficient (Wildman–Crippen LogP) is 3.99. The third-order valence-corrected chi connectivity index (χ3v) is 3.94. The number of hydrogen-bond donors (Lipinski definition) is 1. The molecule has 0 saturated heterocycles. The quantitative estimate of drug-likeness (QED) is 0.740. The molecule has 0 bridgehead atoms. The van der Waals surface area contributed by atoms with Crippen molar-refractivity contribution in [2.24, 2.45) is 23.0 Å². The van der Waals surface area contributed by atoms with Crippen LogP contribution >= 0.6 is 0 Å². The molecule has 0 fully saturated rings. The first-order valence-electron chi connectivity index (χ1n) is 6.92. The second kappa shape index (κ2) is 4.89. The van der Waals surface area contributed by atoms with E-state index in [9.17, 15) is 0 Å². The van der Waals surface area contributed by atoms with Crippen LogP contribution in [0.15, 0.2) is 47.6 Å². The van der Waals surface area contributed by atoms with Gasteiger partial charge in [-0.25, -0.2) is 0 Å². The van der Waals surface area contributed by atoms with E-state index >= 15 is 0 Å². The highest BCUT2D eigenvalue weighted by atomic mass is 14.7. The Kier molecular flexibility index (Phi) is 3.63. The molecule has 2 N–H and O–H groups in total. The normalized spacial score (nSPS) is 32.2. The van der Waals surface area contributed by atoms with E-state index < -0.39 is 0 Å². The highest BCUT2D eigenvalue weighted by Gasteiger charge is 2.32. The molecule has 0 saturated carbocycles. The van der Waals surface area contributed by atoms with Gasteiger partial charge in [0, 0.05) is 12.0 Å². The lowest BCUT2D eigenvalue weighted by atomic mass is 9.71. The summed E-state index contributed by atoms with van der Waals surface area (Å²) in [5.41, 5.74) is 9.31. The summed E-state index contributed by atoms with van der Waals surface area (Å²) < 4.78 is 0. The fourth-order valence-corrected chi connectivity index (χ4v) is 2.85. The minimum absolute atomic E-state index is 0.108. The zero-order chi connectivity index (χ0) is 13.3. The largest absolute Gasteiger partial charge is 0.323 e. The summed E-state index contributed by atoms with van der Waals surface area (Å²) >= 11 is 0. The van der Waals surface area contributed by atoms with Gasteiger partial charge < -0.3 is 5.73 Å². The maximum atomic E-state index is 6.49. The highest BCUT2D eigenvalue weighted by molar-refractivity contribution is 5.48. The fourth-order valence-electron chi connectivity index (χ4n) is 2.85. The molecule has 1 nitrogen and oxygen atoms in total. The molecule has 98 valence electrons. The van der Waals surface area contributed by atoms with Crippen LogP contribution in [0, 0.1) is 17.3 Å². The molecule has 0 radical (unpaired) electrons. The van der Waals surface area contributed by atoms with E-state index in [2.05, 4.69) is 64.2 Å². The van der Waals surface area contributed by atoms with Gasteiger partial charge in [-0.15, -0.1) is 0 Å². The Bertz CT molecular complexity index is 429. The lowest BCUT2D eigenvalue weighted by Gasteiger charge is -2.37. The summed E-state index contributed by atoms with van der Waals surface area (Å²) in [6, 6.07) is 0.108. The molecule has 0 amide bonds. The number of hydrogen-bond acceptors (Lipinski definition) is 1. The van der Waals surface area contributed by atoms with Crippen LogP contribution in [0.4, 0.5) is 0 Å². The van der Waals surface area contributed by atoms with Gasteiger partial charge in [-0.3, -0.25) is 0 Å². The van der Waals surface area contributed by atoms with Crippen molar-refractivity contribution in [3.05, 3.63) is 47.6 Å². The van der Waals surface area contributed by atoms with E-state index in [-0.39, 0.29) is 11.5 Å². The van der Waals surface area contributed by atoms with E-state index in [1.807, 2.05) is 0 Å². The monoisotopic (exact) mass is 243 g/mol. The summed E-state index contributed by atoms with van der Waals surface area (Å²) in [4.78, 5) is 0. The van der Waals surface area contributed by atoms with Gasteiger partial charge in [-0.2, -0.15) is 0 Å². The van der Waals surface area contributed by atoms with Crippen LogP contribution in [0.3, 0.4) is 0 Å². The molecule has 3 atom stereocenters. The Hall–Kier alpha value is -1.08. The third kappa shape index (κ3) is 2.67. The molecule has 0 spiro atoms. The van der Waals surface area contributed by atoms with Crippen molar-refractivity contribution in [3.63, 3.8) is 0 Å². The lowest BCUT2D eigenvalue weighted by molar-refractivity contribution is 0.267. The summed E-state index contributed by atoms with van der Waals surface area (Å²) in [7, 11) is 0. The Labute approximate surface area is 111 Å². The molecular formula is C17H25N. The molecule has 2 aliphatic rings. The minimum Gasteiger partial charge on any atom is -0.323 e. The van der Waals surface area contributed by atoms with E-state index in [0.29, 0.717) is 11.8 Å². The van der Waals surface area contributed by atoms with Gasteiger partial charge in [0.1, 0.15) is 0 Å². The molecule has 0 aromatic heterocycles. The zero-order valence-electron chi connectivity index (χ0n) is 12.0. The van der Waals surface area contributed by atoms with Crippen LogP contribution in [0.25, 0.3) is 0 Å². The Balaban J connectivity index is 2.27. The van der Waals surface area contributed by atoms with Gasteiger partial charge in [0.15, 0.2) is 0 Å². The molecular weight excluding hydrogens is 218 g/mol. The number of allylic oxidation sites excluding steroid dienone is 5. The van der Waals surface area contributed by atoms with E-state index in [1.54, 1.807) is 0 Å². The molecule has 2 rings (SSSR count). The van der Waals surface area contributed by atoms with Crippen molar-refractivity contribution >= 4 is 0 Å². The Morgan fingerprint density at radius 1 is 1.28 bits per heavy atom. The van der Waals surface area contributed by atoms with Gasteiger partial charge in [0.2, 0.25) is 0 Å². The molecule has 1 heteroatoms. The van der Waals surface area contributed by atoms with Crippen molar-refractivity contribution in [1.82, 2.24) is 0 Å². The van der Waals surface area contributed by atoms with Crippen LogP contribution in [-0.4, -0.2) is 6.04 Å². The second-order valence-electron chi connectivity index (χ2n) is 6.66. The van der Waals surface area contributed by atoms with Crippen LogP contribution < -0.4 is 5.73 Å². The van der Waals surface area contributed by atoms with E-state index in [1.165, 1.54) is 11.1 Å². The molecule has 0 heterocycles. The van der Waals surface area contributed by atoms with Gasteiger partial charge in [0.25, 0.3) is 0 Å². The zero-order valence-corrected chi connectivity index (χ0v) is 12.0. The second-order valence-corrected chi connectivity index (χ2v) is 6.66. The van der Waals surface area contributed by atoms with E-state index in [0.717, 1.165) is 6.42 Å². The van der Waals surface area contributed by atoms with Crippen LogP contribution in [0.2, 0.25) is 0 Å². The topological polar surface area (TPSA) is 26.0 Å². The summed E-state index contributed by atoms with van der Waals surface area (Å²) in [5.74, 6) is 1.03. The van der Waals surface area contributed by atoms with Crippen LogP contribution in [0.1, 0.15) is 34.1 Å². The minimum atomic E-state index is 0.108. The van der Waals surface area contributed by atoms with E-state index in [4.69, 9.17) is 5.73 Å². The smallest absolute Gasteiger partial charge is 0.0369 e. The molecule has 3 unspecified atom stereocenters. The SMILES string of the molecule is CC1C=C(C2=CC=CC(C(C)(C)C)C2N)C=CC1. The first-order valence-corrected chi connectivity index (χ1v) is 6.92. The van der Waals surface area contributed by atoms with Crippen molar-refractivity contribution in [1.29, 1.82) is 0 Å². The van der Waals surface area contributed by atoms with Gasteiger partial charge in [-0.05, 0) is 28.9 Å². The average Bonchev–Trinajstić information content (AvgIpc) is 2.27. The van der Waals surface area contributed by atoms with Gasteiger partial charge in [-0.1, -0.05) is 64.2 Å². The van der Waals surface area contributed by atoms with Crippen molar-refractivity contribution in [2.75, 3.05) is 0 Å². The Morgan fingerprint density at radius 3 is 2.61 bits per heavy atom. The standard InChI is InChI=1S/C17H25N/c1-12-7-5-8-13(11-12)14-9-6-10-15(16(14)18)17(2,3)4/h5-6,8-12,15-16H,7,18H2,1-4H3. The summed E-state index contributed by atoms with van der Waals surface area (Å²) in [6.45, 7) is 9.05. The predicted molar refractivity (Wildman–Crippen MR) is 79.1 cm³/mol. The number of nitrogens with two attached hydrogens (primary N) is 1. The maximum absolute atomic E-state index is 6.49. The maximum Gasteiger partial charge on any atom is 0.0369 e. The fraction of sp³-hybridized carbons (Fsp3) is 0.529. The Morgan fingerprint density at radius 2 is 2.00 bits per heavy atom. The molecule has 0 aliphatic heterocycles. The molecule has 0 aromatic carbocycles. The third-order valence-electron chi connectivity index (χ3n) is 3.94. The molecule has 0 aromatic rings. The first-order chi connectivity index (χ1) is 8.39.